The van der Waals surface area contributed by atoms with E-state index in [9.17, 15) is 4.79 Å². The van der Waals surface area contributed by atoms with E-state index in [0.717, 1.165) is 48.7 Å². The van der Waals surface area contributed by atoms with Crippen molar-refractivity contribution in [1.82, 2.24) is 20.3 Å². The van der Waals surface area contributed by atoms with Crippen LogP contribution in [0.2, 0.25) is 0 Å². The topological polar surface area (TPSA) is 83.8 Å². The van der Waals surface area contributed by atoms with E-state index >= 15 is 0 Å². The van der Waals surface area contributed by atoms with E-state index < -0.39 is 0 Å². The summed E-state index contributed by atoms with van der Waals surface area (Å²) in [4.78, 5) is 27.0. The van der Waals surface area contributed by atoms with E-state index in [1.165, 1.54) is 6.39 Å². The van der Waals surface area contributed by atoms with Crippen molar-refractivity contribution in [2.24, 2.45) is 0 Å². The van der Waals surface area contributed by atoms with Crippen molar-refractivity contribution < 1.29 is 9.21 Å². The molecule has 2 aromatic carbocycles. The smallest absolute Gasteiger partial charge is 0.252 e. The largest absolute Gasteiger partial charge is 0.443 e. The SMILES string of the molecule is O=C(NC1c2ccccc2-c2c(-c3ccc(-c4cnco4)s3)cccc21)c1ccnc2[nH]ccc12. The van der Waals surface area contributed by atoms with E-state index in [1.807, 2.05) is 18.2 Å². The number of rotatable bonds is 4. The maximum atomic E-state index is 13.5. The van der Waals surface area contributed by atoms with E-state index in [-0.39, 0.29) is 11.9 Å². The third-order valence-electron chi connectivity index (χ3n) is 6.48. The standard InChI is InChI=1S/C28H18N4O2S/c33-28(19-11-13-31-27-18(19)10-12-30-27)32-26-17-5-2-1-4-16(17)25-20(6-3-7-21(25)26)23-8-9-24(35-23)22-14-29-15-34-22/h1-15,26H,(H,30,31)(H,32,33). The summed E-state index contributed by atoms with van der Waals surface area (Å²) in [7, 11) is 0. The molecule has 7 heteroatoms. The summed E-state index contributed by atoms with van der Waals surface area (Å²) in [5.74, 6) is 0.631. The van der Waals surface area contributed by atoms with Crippen LogP contribution < -0.4 is 5.32 Å². The van der Waals surface area contributed by atoms with Gasteiger partial charge in [0.15, 0.2) is 12.2 Å². The molecule has 0 aliphatic heterocycles. The monoisotopic (exact) mass is 474 g/mol. The molecule has 1 aliphatic carbocycles. The van der Waals surface area contributed by atoms with E-state index in [2.05, 4.69) is 62.7 Å². The maximum absolute atomic E-state index is 13.5. The van der Waals surface area contributed by atoms with Crippen molar-refractivity contribution >= 4 is 28.3 Å². The van der Waals surface area contributed by atoms with Crippen LogP contribution in [-0.4, -0.2) is 20.9 Å². The lowest BCUT2D eigenvalue weighted by molar-refractivity contribution is 0.0945. The number of carbonyl (C=O) groups excluding carboxylic acids is 1. The normalized spacial score (nSPS) is 14.1. The van der Waals surface area contributed by atoms with Crippen molar-refractivity contribution in [2.45, 2.75) is 6.04 Å². The highest BCUT2D eigenvalue weighted by Gasteiger charge is 2.32. The van der Waals surface area contributed by atoms with Gasteiger partial charge in [0.05, 0.1) is 22.7 Å². The number of oxazole rings is 1. The Labute approximate surface area is 204 Å². The van der Waals surface area contributed by atoms with Crippen LogP contribution in [0.1, 0.15) is 27.5 Å². The second kappa shape index (κ2) is 7.78. The molecular formula is C28H18N4O2S. The van der Waals surface area contributed by atoms with Crippen molar-refractivity contribution in [1.29, 1.82) is 0 Å². The molecule has 6 aromatic rings. The lowest BCUT2D eigenvalue weighted by atomic mass is 9.98. The highest BCUT2D eigenvalue weighted by Crippen LogP contribution is 2.49. The predicted octanol–water partition coefficient (Wildman–Crippen LogP) is 6.45. The van der Waals surface area contributed by atoms with Crippen LogP contribution >= 0.6 is 11.3 Å². The summed E-state index contributed by atoms with van der Waals surface area (Å²) in [6.07, 6.45) is 6.63. The van der Waals surface area contributed by atoms with Crippen LogP contribution in [-0.2, 0) is 0 Å². The average Bonchev–Trinajstić information content (AvgIpc) is 3.70. The van der Waals surface area contributed by atoms with Gasteiger partial charge in [-0.3, -0.25) is 4.79 Å². The Kier molecular flexibility index (Phi) is 4.43. The third-order valence-corrected chi connectivity index (χ3v) is 7.61. The fourth-order valence-corrected chi connectivity index (χ4v) is 5.93. The molecule has 168 valence electrons. The number of hydrogen-bond donors (Lipinski definition) is 2. The van der Waals surface area contributed by atoms with Crippen LogP contribution in [0.25, 0.3) is 43.2 Å². The van der Waals surface area contributed by atoms with Crippen LogP contribution in [0.3, 0.4) is 0 Å². The predicted molar refractivity (Wildman–Crippen MR) is 136 cm³/mol. The van der Waals surface area contributed by atoms with Gasteiger partial charge in [-0.2, -0.15) is 0 Å². The first-order valence-electron chi connectivity index (χ1n) is 11.2. The minimum atomic E-state index is -0.246. The molecule has 1 amide bonds. The van der Waals surface area contributed by atoms with Gasteiger partial charge in [0, 0.05) is 22.7 Å². The molecule has 7 rings (SSSR count). The van der Waals surface area contributed by atoms with Gasteiger partial charge in [-0.25, -0.2) is 9.97 Å². The number of nitrogens with zero attached hydrogens (tertiary/aromatic N) is 2. The second-order valence-electron chi connectivity index (χ2n) is 8.39. The minimum absolute atomic E-state index is 0.126. The average molecular weight is 475 g/mol. The first kappa shape index (κ1) is 19.9. The number of thiophene rings is 1. The fraction of sp³-hybridized carbons (Fsp3) is 0.0357. The molecule has 1 atom stereocenters. The molecule has 0 bridgehead atoms. The maximum Gasteiger partial charge on any atom is 0.252 e. The summed E-state index contributed by atoms with van der Waals surface area (Å²) in [5, 5.41) is 4.10. The van der Waals surface area contributed by atoms with E-state index in [4.69, 9.17) is 4.42 Å². The summed E-state index contributed by atoms with van der Waals surface area (Å²) in [6.45, 7) is 0. The summed E-state index contributed by atoms with van der Waals surface area (Å²) in [6, 6.07) is 22.2. The highest BCUT2D eigenvalue weighted by atomic mass is 32.1. The fourth-order valence-electron chi connectivity index (χ4n) is 4.94. The third kappa shape index (κ3) is 3.13. The Morgan fingerprint density at radius 1 is 0.943 bits per heavy atom. The summed E-state index contributed by atoms with van der Waals surface area (Å²) >= 11 is 1.67. The van der Waals surface area contributed by atoms with Crippen molar-refractivity contribution in [3.05, 3.63) is 108 Å². The molecule has 2 N–H and O–H groups in total. The van der Waals surface area contributed by atoms with Gasteiger partial charge in [0.2, 0.25) is 0 Å². The number of aromatic nitrogens is 3. The number of hydrogen-bond acceptors (Lipinski definition) is 5. The van der Waals surface area contributed by atoms with E-state index in [0.29, 0.717) is 11.2 Å². The van der Waals surface area contributed by atoms with Gasteiger partial charge in [-0.15, -0.1) is 11.3 Å². The molecule has 1 aliphatic rings. The number of benzene rings is 2. The van der Waals surface area contributed by atoms with Crippen LogP contribution in [0.5, 0.6) is 0 Å². The van der Waals surface area contributed by atoms with Crippen molar-refractivity contribution in [3.63, 3.8) is 0 Å². The number of carbonyl (C=O) groups is 1. The minimum Gasteiger partial charge on any atom is -0.443 e. The number of fused-ring (bicyclic) bond motifs is 4. The van der Waals surface area contributed by atoms with Crippen LogP contribution in [0.4, 0.5) is 0 Å². The molecule has 0 saturated carbocycles. The second-order valence-corrected chi connectivity index (χ2v) is 9.48. The first-order valence-corrected chi connectivity index (χ1v) is 12.0. The Balaban J connectivity index is 1.32. The number of nitrogens with one attached hydrogen (secondary N) is 2. The Bertz CT molecular complexity index is 1710. The molecule has 4 heterocycles. The molecule has 35 heavy (non-hydrogen) atoms. The van der Waals surface area contributed by atoms with Gasteiger partial charge in [0.25, 0.3) is 5.91 Å². The van der Waals surface area contributed by atoms with Gasteiger partial charge in [0.1, 0.15) is 5.65 Å². The van der Waals surface area contributed by atoms with Crippen LogP contribution in [0, 0.1) is 0 Å². The zero-order valence-electron chi connectivity index (χ0n) is 18.4. The zero-order chi connectivity index (χ0) is 23.4. The quantitative estimate of drug-likeness (QED) is 0.308. The molecule has 1 unspecified atom stereocenters. The van der Waals surface area contributed by atoms with Gasteiger partial charge < -0.3 is 14.7 Å². The number of aromatic amines is 1. The van der Waals surface area contributed by atoms with E-state index in [1.54, 1.807) is 36.0 Å². The Morgan fingerprint density at radius 3 is 2.71 bits per heavy atom. The summed E-state index contributed by atoms with van der Waals surface area (Å²) < 4.78 is 5.49. The van der Waals surface area contributed by atoms with Gasteiger partial charge >= 0.3 is 0 Å². The molecule has 4 aromatic heterocycles. The van der Waals surface area contributed by atoms with Gasteiger partial charge in [-0.05, 0) is 52.1 Å². The lowest BCUT2D eigenvalue weighted by Crippen LogP contribution is -2.28. The number of pyridine rings is 1. The molecule has 0 saturated heterocycles. The molecular weight excluding hydrogens is 456 g/mol. The molecule has 0 radical (unpaired) electrons. The molecule has 0 fully saturated rings. The lowest BCUT2D eigenvalue weighted by Gasteiger charge is -2.17. The summed E-state index contributed by atoms with van der Waals surface area (Å²) in [5.41, 5.74) is 6.92. The first-order chi connectivity index (χ1) is 17.3. The molecule has 0 spiro atoms. The highest BCUT2D eigenvalue weighted by molar-refractivity contribution is 7.18. The zero-order valence-corrected chi connectivity index (χ0v) is 19.2. The Morgan fingerprint density at radius 2 is 1.80 bits per heavy atom. The van der Waals surface area contributed by atoms with Crippen LogP contribution in [0.15, 0.2) is 96.1 Å². The number of amides is 1. The van der Waals surface area contributed by atoms with Gasteiger partial charge in [-0.1, -0.05) is 42.5 Å². The molecule has 6 nitrogen and oxygen atoms in total. The number of H-pyrrole nitrogens is 1. The van der Waals surface area contributed by atoms with Crippen molar-refractivity contribution in [3.8, 4) is 32.2 Å². The van der Waals surface area contributed by atoms with Crippen molar-refractivity contribution in [2.75, 3.05) is 0 Å². The Hall–Kier alpha value is -4.49.